The van der Waals surface area contributed by atoms with E-state index >= 15 is 0 Å². The zero-order valence-electron chi connectivity index (χ0n) is 13.0. The van der Waals surface area contributed by atoms with Gasteiger partial charge in [0, 0.05) is 31.6 Å². The Labute approximate surface area is 133 Å². The molecule has 2 heterocycles. The van der Waals surface area contributed by atoms with Crippen molar-refractivity contribution in [2.45, 2.75) is 25.8 Å². The van der Waals surface area contributed by atoms with Gasteiger partial charge in [-0.1, -0.05) is 12.1 Å². The summed E-state index contributed by atoms with van der Waals surface area (Å²) < 4.78 is 1.62. The van der Waals surface area contributed by atoms with E-state index in [0.717, 1.165) is 23.8 Å². The summed E-state index contributed by atoms with van der Waals surface area (Å²) in [5.74, 6) is -0.140. The van der Waals surface area contributed by atoms with Crippen LogP contribution in [0.3, 0.4) is 0 Å². The molecule has 1 aromatic carbocycles. The number of hydrogen-bond donors (Lipinski definition) is 1. The van der Waals surface area contributed by atoms with Crippen LogP contribution in [0.2, 0.25) is 0 Å². The topological polar surface area (TPSA) is 88.6 Å². The lowest BCUT2D eigenvalue weighted by atomic mass is 10.0. The third kappa shape index (κ3) is 2.46. The van der Waals surface area contributed by atoms with Crippen LogP contribution < -0.4 is 0 Å². The predicted molar refractivity (Wildman–Crippen MR) is 85.6 cm³/mol. The number of fused-ring (bicyclic) bond motifs is 3. The van der Waals surface area contributed by atoms with Crippen LogP contribution in [0.4, 0.5) is 5.69 Å². The van der Waals surface area contributed by atoms with Gasteiger partial charge in [0.15, 0.2) is 0 Å². The maximum Gasteiger partial charge on any atom is 0.293 e. The Morgan fingerprint density at radius 2 is 2.13 bits per heavy atom. The van der Waals surface area contributed by atoms with Crippen molar-refractivity contribution in [1.82, 2.24) is 9.47 Å². The number of carbonyl (C=O) groups excluding carboxylic acids is 1. The van der Waals surface area contributed by atoms with Crippen LogP contribution >= 0.6 is 0 Å². The lowest BCUT2D eigenvalue weighted by Crippen LogP contribution is -2.32. The maximum absolute atomic E-state index is 12.8. The zero-order valence-corrected chi connectivity index (χ0v) is 13.0. The van der Waals surface area contributed by atoms with E-state index in [1.54, 1.807) is 22.6 Å². The van der Waals surface area contributed by atoms with Gasteiger partial charge in [-0.3, -0.25) is 14.9 Å². The van der Waals surface area contributed by atoms with E-state index in [1.807, 2.05) is 6.07 Å². The number of non-ortho nitro benzene ring substituents is 1. The van der Waals surface area contributed by atoms with Crippen molar-refractivity contribution >= 4 is 22.5 Å². The summed E-state index contributed by atoms with van der Waals surface area (Å²) in [4.78, 5) is 25.4. The van der Waals surface area contributed by atoms with Crippen LogP contribution in [0, 0.1) is 10.1 Å². The smallest absolute Gasteiger partial charge is 0.293 e. The fourth-order valence-corrected chi connectivity index (χ4v) is 3.36. The van der Waals surface area contributed by atoms with Crippen LogP contribution in [-0.2, 0) is 13.0 Å². The molecule has 0 unspecified atom stereocenters. The molecule has 122 valence electrons. The predicted octanol–water partition coefficient (Wildman–Crippen LogP) is 1.95. The second kappa shape index (κ2) is 6.00. The molecule has 3 rings (SSSR count). The average Bonchev–Trinajstić information content (AvgIpc) is 2.83. The zero-order chi connectivity index (χ0) is 16.6. The molecule has 1 aliphatic heterocycles. The second-order valence-corrected chi connectivity index (χ2v) is 5.82. The molecule has 1 aromatic heterocycles. The lowest BCUT2D eigenvalue weighted by molar-refractivity contribution is -0.383. The van der Waals surface area contributed by atoms with Crippen LogP contribution in [0.15, 0.2) is 18.2 Å². The van der Waals surface area contributed by atoms with Gasteiger partial charge < -0.3 is 14.6 Å². The highest BCUT2D eigenvalue weighted by molar-refractivity contribution is 6.04. The van der Waals surface area contributed by atoms with E-state index in [-0.39, 0.29) is 24.7 Å². The number of rotatable bonds is 3. The van der Waals surface area contributed by atoms with Gasteiger partial charge in [-0.2, -0.15) is 0 Å². The fourth-order valence-electron chi connectivity index (χ4n) is 3.36. The Hall–Kier alpha value is -2.41. The minimum atomic E-state index is -0.433. The van der Waals surface area contributed by atoms with E-state index < -0.39 is 4.92 Å². The van der Waals surface area contributed by atoms with Gasteiger partial charge in [0.05, 0.1) is 11.5 Å². The van der Waals surface area contributed by atoms with Crippen molar-refractivity contribution in [2.75, 3.05) is 20.2 Å². The summed E-state index contributed by atoms with van der Waals surface area (Å²) in [6.45, 7) is 0.649. The molecule has 0 bridgehead atoms. The fraction of sp³-hybridized carbons (Fsp3) is 0.438. The molecular formula is C16H19N3O4. The van der Waals surface area contributed by atoms with E-state index in [2.05, 4.69) is 0 Å². The summed E-state index contributed by atoms with van der Waals surface area (Å²) in [6, 6.07) is 4.92. The Kier molecular flexibility index (Phi) is 4.04. The van der Waals surface area contributed by atoms with Crippen molar-refractivity contribution < 1.29 is 14.8 Å². The van der Waals surface area contributed by atoms with Gasteiger partial charge in [-0.25, -0.2) is 0 Å². The maximum atomic E-state index is 12.8. The summed E-state index contributed by atoms with van der Waals surface area (Å²) in [5.41, 5.74) is 1.73. The summed E-state index contributed by atoms with van der Waals surface area (Å²) in [6.07, 6.45) is 2.54. The van der Waals surface area contributed by atoms with Gasteiger partial charge in [0.1, 0.15) is 11.2 Å². The first-order valence-electron chi connectivity index (χ1n) is 7.71. The van der Waals surface area contributed by atoms with Crippen molar-refractivity contribution in [3.05, 3.63) is 39.6 Å². The van der Waals surface area contributed by atoms with Crippen molar-refractivity contribution in [1.29, 1.82) is 0 Å². The van der Waals surface area contributed by atoms with Gasteiger partial charge in [-0.15, -0.1) is 0 Å². The normalized spacial score (nSPS) is 15.4. The molecule has 0 saturated carbocycles. The Balaban J connectivity index is 2.38. The lowest BCUT2D eigenvalue weighted by Gasteiger charge is -2.22. The minimum Gasteiger partial charge on any atom is -0.395 e. The highest BCUT2D eigenvalue weighted by atomic mass is 16.6. The number of para-hydroxylation sites is 1. The van der Waals surface area contributed by atoms with E-state index in [1.165, 1.54) is 6.07 Å². The monoisotopic (exact) mass is 317 g/mol. The average molecular weight is 317 g/mol. The molecule has 0 saturated heterocycles. The number of amides is 1. The molecule has 0 radical (unpaired) electrons. The molecule has 0 aliphatic carbocycles. The number of hydrogen-bond acceptors (Lipinski definition) is 4. The van der Waals surface area contributed by atoms with Gasteiger partial charge in [-0.05, 0) is 24.8 Å². The molecule has 0 fully saturated rings. The number of nitro groups is 1. The SMILES string of the molecule is CN1CCCCc2c(n(CCO)c3c([N+](=O)[O-])cccc23)C1=O. The number of nitrogens with zero attached hydrogens (tertiary/aromatic N) is 3. The first-order valence-corrected chi connectivity index (χ1v) is 7.71. The Bertz CT molecular complexity index is 781. The van der Waals surface area contributed by atoms with Gasteiger partial charge in [0.25, 0.3) is 11.6 Å². The molecule has 1 amide bonds. The van der Waals surface area contributed by atoms with Crippen molar-refractivity contribution in [3.8, 4) is 0 Å². The molecule has 0 spiro atoms. The largest absolute Gasteiger partial charge is 0.395 e. The van der Waals surface area contributed by atoms with Crippen LogP contribution in [0.25, 0.3) is 10.9 Å². The molecule has 7 heteroatoms. The number of aryl methyl sites for hydroxylation is 1. The quantitative estimate of drug-likeness (QED) is 0.692. The number of carbonyl (C=O) groups is 1. The van der Waals surface area contributed by atoms with Gasteiger partial charge >= 0.3 is 0 Å². The molecule has 2 aromatic rings. The van der Waals surface area contributed by atoms with E-state index in [9.17, 15) is 20.0 Å². The third-order valence-electron chi connectivity index (χ3n) is 4.41. The minimum absolute atomic E-state index is 0.0295. The highest BCUT2D eigenvalue weighted by Gasteiger charge is 2.29. The van der Waals surface area contributed by atoms with Crippen molar-refractivity contribution in [2.24, 2.45) is 0 Å². The molecule has 0 atom stereocenters. The molecular weight excluding hydrogens is 298 g/mol. The van der Waals surface area contributed by atoms with Crippen molar-refractivity contribution in [3.63, 3.8) is 0 Å². The number of nitro benzene ring substituents is 1. The Morgan fingerprint density at radius 1 is 1.35 bits per heavy atom. The number of aliphatic hydroxyl groups is 1. The van der Waals surface area contributed by atoms with Crippen LogP contribution in [0.5, 0.6) is 0 Å². The number of aliphatic hydroxyl groups excluding tert-OH is 1. The standard InChI is InChI=1S/C16H19N3O4/c1-17-8-3-2-5-12-11-6-4-7-13(19(22)23)14(11)18(9-10-20)15(12)16(17)21/h4,6-7,20H,2-3,5,8-10H2,1H3. The Morgan fingerprint density at radius 3 is 2.83 bits per heavy atom. The molecule has 7 nitrogen and oxygen atoms in total. The molecule has 1 N–H and O–H groups in total. The summed E-state index contributed by atoms with van der Waals surface area (Å²) >= 11 is 0. The number of aromatic nitrogens is 1. The van der Waals surface area contributed by atoms with Gasteiger partial charge in [0.2, 0.25) is 0 Å². The second-order valence-electron chi connectivity index (χ2n) is 5.82. The molecule has 23 heavy (non-hydrogen) atoms. The van der Waals surface area contributed by atoms with E-state index in [4.69, 9.17) is 0 Å². The molecule has 1 aliphatic rings. The van der Waals surface area contributed by atoms with E-state index in [0.29, 0.717) is 24.2 Å². The third-order valence-corrected chi connectivity index (χ3v) is 4.41. The highest BCUT2D eigenvalue weighted by Crippen LogP contribution is 2.35. The first kappa shape index (κ1) is 15.5. The first-order chi connectivity index (χ1) is 11.1. The number of benzene rings is 1. The summed E-state index contributed by atoms with van der Waals surface area (Å²) in [7, 11) is 1.74. The summed E-state index contributed by atoms with van der Waals surface area (Å²) in [5, 5.41) is 21.5. The van der Waals surface area contributed by atoms with Crippen LogP contribution in [-0.4, -0.2) is 45.6 Å². The van der Waals surface area contributed by atoms with Crippen LogP contribution in [0.1, 0.15) is 28.9 Å².